The van der Waals surface area contributed by atoms with Crippen molar-refractivity contribution in [1.82, 2.24) is 0 Å². The first-order chi connectivity index (χ1) is 22.5. The highest BCUT2D eigenvalue weighted by Gasteiger charge is 2.95. The first-order valence-electron chi connectivity index (χ1n) is 16.4. The molecule has 20 heteroatoms. The number of unbranched alkanes of at least 4 members (excludes halogenated alkanes) is 5. The van der Waals surface area contributed by atoms with Crippen molar-refractivity contribution < 1.29 is 88.8 Å². The minimum Gasteiger partial charge on any atom is -0.321 e. The van der Waals surface area contributed by atoms with E-state index in [2.05, 4.69) is 0 Å². The summed E-state index contributed by atoms with van der Waals surface area (Å²) in [6, 6.07) is 0. The lowest BCUT2D eigenvalue weighted by Gasteiger charge is -2.49. The van der Waals surface area contributed by atoms with Crippen molar-refractivity contribution >= 4 is 0 Å². The number of halogens is 17. The number of ether oxygens (including phenoxy) is 3. The summed E-state index contributed by atoms with van der Waals surface area (Å²) in [5, 5.41) is 0. The predicted molar refractivity (Wildman–Crippen MR) is 157 cm³/mol. The van der Waals surface area contributed by atoms with E-state index in [1.807, 2.05) is 6.92 Å². The van der Waals surface area contributed by atoms with Gasteiger partial charge in [-0.15, -0.1) is 0 Å². The number of alkyl halides is 17. The van der Waals surface area contributed by atoms with E-state index in [1.165, 1.54) is 62.3 Å². The highest BCUT2D eigenvalue weighted by Crippen LogP contribution is 2.64. The second-order valence-corrected chi connectivity index (χ2v) is 15.7. The van der Waals surface area contributed by atoms with Gasteiger partial charge in [0.25, 0.3) is 5.97 Å². The SMILES string of the molecule is CCCCCCCCC(CCC(F)(F)C(F)(F)C(F)(F)C(F)(F)C(F)(F)C(F)(F)C(F)(F)C(F)(F)F)C(OC(C)(C)C)(OC(C)(C)C)OC(C)(C)C. The summed E-state index contributed by atoms with van der Waals surface area (Å²) in [4.78, 5) is 0. The molecule has 0 aliphatic rings. The summed E-state index contributed by atoms with van der Waals surface area (Å²) in [7, 11) is 0. The zero-order valence-corrected chi connectivity index (χ0v) is 30.6. The van der Waals surface area contributed by atoms with Crippen LogP contribution in [0, 0.1) is 5.92 Å². The molecule has 0 rings (SSSR count). The molecule has 0 aliphatic heterocycles. The maximum Gasteiger partial charge on any atom is 0.460 e. The average Bonchev–Trinajstić information content (AvgIpc) is 2.87. The molecule has 0 bridgehead atoms. The van der Waals surface area contributed by atoms with E-state index in [9.17, 15) is 65.9 Å². The first kappa shape index (κ1) is 50.7. The zero-order chi connectivity index (χ0) is 42.1. The molecule has 0 amide bonds. The van der Waals surface area contributed by atoms with Crippen LogP contribution in [0.15, 0.2) is 0 Å². The van der Waals surface area contributed by atoms with Gasteiger partial charge >= 0.3 is 47.6 Å². The molecule has 0 aliphatic carbocycles. The number of hydrogen-bond acceptors (Lipinski definition) is 3. The van der Waals surface area contributed by atoms with E-state index in [0.29, 0.717) is 19.3 Å². The maximum atomic E-state index is 15.2. The standard InChI is InChI=1S/C32H49F17O3/c1-11-12-13-14-15-16-17-20(25(50-21(2,3)4,51-22(5,6)7)52-23(8,9)10)18-19-24(33,34)26(35,36)27(37,38)28(39,40)29(41,42)30(43,44)31(45,46)32(47,48)49/h20H,11-19H2,1-10H3. The van der Waals surface area contributed by atoms with E-state index in [-0.39, 0.29) is 12.8 Å². The Morgan fingerprint density at radius 1 is 0.385 bits per heavy atom. The quantitative estimate of drug-likeness (QED) is 0.0697. The molecule has 314 valence electrons. The Hall–Kier alpha value is -1.31. The molecule has 0 radical (unpaired) electrons. The molecule has 0 fully saturated rings. The van der Waals surface area contributed by atoms with Crippen molar-refractivity contribution in [3.8, 4) is 0 Å². The van der Waals surface area contributed by atoms with Crippen LogP contribution in [0.5, 0.6) is 0 Å². The molecule has 52 heavy (non-hydrogen) atoms. The normalized spacial score (nSPS) is 16.4. The van der Waals surface area contributed by atoms with Gasteiger partial charge in [-0.1, -0.05) is 45.4 Å². The second-order valence-electron chi connectivity index (χ2n) is 15.7. The van der Waals surface area contributed by atoms with E-state index >= 15 is 8.78 Å². The van der Waals surface area contributed by atoms with Gasteiger partial charge in [0.1, 0.15) is 0 Å². The second kappa shape index (κ2) is 16.0. The van der Waals surface area contributed by atoms with Crippen LogP contribution >= 0.6 is 0 Å². The molecule has 1 atom stereocenters. The van der Waals surface area contributed by atoms with Crippen LogP contribution in [0.2, 0.25) is 0 Å². The van der Waals surface area contributed by atoms with E-state index < -0.39 is 89.2 Å². The summed E-state index contributed by atoms with van der Waals surface area (Å²) in [6.07, 6.45) is -8.75. The molecule has 0 N–H and O–H groups in total. The Morgan fingerprint density at radius 2 is 0.692 bits per heavy atom. The highest BCUT2D eigenvalue weighted by atomic mass is 19.4. The summed E-state index contributed by atoms with van der Waals surface area (Å²) >= 11 is 0. The molecule has 0 aromatic carbocycles. The summed E-state index contributed by atoms with van der Waals surface area (Å²) in [5.74, 6) is -60.9. The fourth-order valence-electron chi connectivity index (χ4n) is 4.97. The van der Waals surface area contributed by atoms with Crippen molar-refractivity contribution in [1.29, 1.82) is 0 Å². The van der Waals surface area contributed by atoms with Gasteiger partial charge in [0, 0.05) is 12.3 Å². The fourth-order valence-corrected chi connectivity index (χ4v) is 4.97. The minimum absolute atomic E-state index is 0.107. The number of hydrogen-bond donors (Lipinski definition) is 0. The van der Waals surface area contributed by atoms with Crippen LogP contribution in [-0.2, 0) is 14.2 Å². The fraction of sp³-hybridized carbons (Fsp3) is 1.00. The van der Waals surface area contributed by atoms with Crippen LogP contribution in [0.4, 0.5) is 74.6 Å². The summed E-state index contributed by atoms with van der Waals surface area (Å²) in [5.41, 5.74) is -3.90. The Bertz CT molecular complexity index is 1070. The Balaban J connectivity index is 7.23. The van der Waals surface area contributed by atoms with Gasteiger partial charge in [0.05, 0.1) is 16.8 Å². The Labute approximate surface area is 292 Å². The third-order valence-corrected chi connectivity index (χ3v) is 7.35. The number of rotatable bonds is 20. The van der Waals surface area contributed by atoms with E-state index in [4.69, 9.17) is 14.2 Å². The molecule has 1 unspecified atom stereocenters. The van der Waals surface area contributed by atoms with Crippen LogP contribution in [0.1, 0.15) is 127 Å². The minimum atomic E-state index is -8.68. The van der Waals surface area contributed by atoms with Gasteiger partial charge in [0.2, 0.25) is 0 Å². The lowest BCUT2D eigenvalue weighted by atomic mass is 9.85. The molecule has 0 heterocycles. The lowest BCUT2D eigenvalue weighted by molar-refractivity contribution is -0.470. The van der Waals surface area contributed by atoms with Gasteiger partial charge in [0.15, 0.2) is 0 Å². The molecule has 0 aromatic rings. The molecule has 0 aromatic heterocycles. The topological polar surface area (TPSA) is 27.7 Å². The maximum absolute atomic E-state index is 15.2. The monoisotopic (exact) mass is 804 g/mol. The van der Waals surface area contributed by atoms with Crippen molar-refractivity contribution in [2.75, 3.05) is 0 Å². The largest absolute Gasteiger partial charge is 0.460 e. The van der Waals surface area contributed by atoms with Gasteiger partial charge < -0.3 is 14.2 Å². The van der Waals surface area contributed by atoms with Crippen molar-refractivity contribution in [3.05, 3.63) is 0 Å². The highest BCUT2D eigenvalue weighted by molar-refractivity contribution is 5.15. The zero-order valence-electron chi connectivity index (χ0n) is 30.6. The Kier molecular flexibility index (Phi) is 15.6. The molecule has 0 spiro atoms. The van der Waals surface area contributed by atoms with Gasteiger partial charge in [-0.25, -0.2) is 0 Å². The van der Waals surface area contributed by atoms with Crippen LogP contribution in [0.3, 0.4) is 0 Å². The summed E-state index contributed by atoms with van der Waals surface area (Å²) < 4.78 is 255. The molecule has 0 saturated heterocycles. The van der Waals surface area contributed by atoms with E-state index in [0.717, 1.165) is 12.8 Å². The van der Waals surface area contributed by atoms with Crippen molar-refractivity contribution in [2.24, 2.45) is 5.92 Å². The molecular formula is C32H49F17O3. The lowest BCUT2D eigenvalue weighted by Crippen LogP contribution is -2.74. The summed E-state index contributed by atoms with van der Waals surface area (Å²) in [6.45, 7) is 14.8. The van der Waals surface area contributed by atoms with Crippen LogP contribution in [-0.4, -0.2) is 70.4 Å². The van der Waals surface area contributed by atoms with Gasteiger partial charge in [-0.2, -0.15) is 74.6 Å². The molecule has 3 nitrogen and oxygen atoms in total. The van der Waals surface area contributed by atoms with Gasteiger partial charge in [-0.3, -0.25) is 0 Å². The average molecular weight is 805 g/mol. The van der Waals surface area contributed by atoms with Crippen LogP contribution < -0.4 is 0 Å². The third-order valence-electron chi connectivity index (χ3n) is 7.35. The van der Waals surface area contributed by atoms with E-state index in [1.54, 1.807) is 0 Å². The van der Waals surface area contributed by atoms with Crippen molar-refractivity contribution in [3.63, 3.8) is 0 Å². The Morgan fingerprint density at radius 3 is 1.02 bits per heavy atom. The van der Waals surface area contributed by atoms with Crippen molar-refractivity contribution in [2.45, 2.75) is 197 Å². The van der Waals surface area contributed by atoms with Gasteiger partial charge in [-0.05, 0) is 75.2 Å². The smallest absolute Gasteiger partial charge is 0.321 e. The first-order valence-corrected chi connectivity index (χ1v) is 16.4. The predicted octanol–water partition coefficient (Wildman–Crippen LogP) is 13.2. The third kappa shape index (κ3) is 11.1. The van der Waals surface area contributed by atoms with Crippen LogP contribution in [0.25, 0.3) is 0 Å². The molecular weight excluding hydrogens is 755 g/mol. The molecule has 0 saturated carbocycles.